The number of nitrogens with zero attached hydrogens (tertiary/aromatic N) is 2. The van der Waals surface area contributed by atoms with Crippen LogP contribution in [0, 0.1) is 0 Å². The molecule has 140 valence electrons. The van der Waals surface area contributed by atoms with E-state index in [1.807, 2.05) is 0 Å². The van der Waals surface area contributed by atoms with Crippen molar-refractivity contribution in [2.24, 2.45) is 5.14 Å². The summed E-state index contributed by atoms with van der Waals surface area (Å²) in [5.74, 6) is -6.51. The van der Waals surface area contributed by atoms with Crippen LogP contribution >= 0.6 is 0 Å². The highest BCUT2D eigenvalue weighted by atomic mass is 32.2. The average molecular weight is 393 g/mol. The third kappa shape index (κ3) is 3.57. The van der Waals surface area contributed by atoms with E-state index in [2.05, 4.69) is 5.10 Å². The molecule has 10 heteroatoms. The van der Waals surface area contributed by atoms with E-state index < -0.39 is 27.6 Å². The van der Waals surface area contributed by atoms with Gasteiger partial charge in [-0.25, -0.2) is 23.0 Å². The number of sulfonamides is 1. The van der Waals surface area contributed by atoms with Crippen LogP contribution in [0.2, 0.25) is 0 Å². The molecule has 0 fully saturated rings. The van der Waals surface area contributed by atoms with E-state index in [9.17, 15) is 22.0 Å². The number of aliphatic carboxylic acids is 1. The predicted octanol–water partition coefficient (Wildman–Crippen LogP) is 2.36. The lowest BCUT2D eigenvalue weighted by Crippen LogP contribution is -2.26. The van der Waals surface area contributed by atoms with Crippen LogP contribution in [-0.4, -0.2) is 29.3 Å². The summed E-state index contributed by atoms with van der Waals surface area (Å²) in [6.07, 6.45) is 0. The second-order valence-electron chi connectivity index (χ2n) is 5.61. The molecule has 0 radical (unpaired) electrons. The zero-order valence-electron chi connectivity index (χ0n) is 13.6. The molecule has 0 aliphatic carbocycles. The topological polar surface area (TPSA) is 115 Å². The highest BCUT2D eigenvalue weighted by Crippen LogP contribution is 2.32. The van der Waals surface area contributed by atoms with Crippen molar-refractivity contribution in [2.75, 3.05) is 0 Å². The van der Waals surface area contributed by atoms with E-state index in [-0.39, 0.29) is 16.3 Å². The van der Waals surface area contributed by atoms with E-state index >= 15 is 0 Å². The number of hydrogen-bond donors (Lipinski definition) is 2. The number of carboxylic acid groups (broad SMARTS) is 1. The van der Waals surface area contributed by atoms with Crippen molar-refractivity contribution in [3.8, 4) is 16.9 Å². The summed E-state index contributed by atoms with van der Waals surface area (Å²) in [7, 11) is -3.92. The summed E-state index contributed by atoms with van der Waals surface area (Å²) in [6, 6.07) is 14.5. The van der Waals surface area contributed by atoms with Gasteiger partial charge in [0.05, 0.1) is 16.3 Å². The first-order chi connectivity index (χ1) is 12.6. The molecule has 2 aromatic carbocycles. The van der Waals surface area contributed by atoms with Gasteiger partial charge in [-0.2, -0.15) is 13.9 Å². The fraction of sp³-hybridized carbons (Fsp3) is 0.0588. The standard InChI is InChI=1S/C17H13F2N3O4S/c18-17(19,16(23)24)15-10-14(11-4-2-1-3-5-11)22(21-15)12-6-8-13(9-7-12)27(20,25)26/h1-10H,(H,23,24)(H2,20,25,26). The maximum absolute atomic E-state index is 14.0. The van der Waals surface area contributed by atoms with Crippen molar-refractivity contribution in [1.82, 2.24) is 9.78 Å². The van der Waals surface area contributed by atoms with Gasteiger partial charge in [0.25, 0.3) is 0 Å². The molecule has 3 aromatic rings. The minimum absolute atomic E-state index is 0.157. The van der Waals surface area contributed by atoms with Gasteiger partial charge in [-0.3, -0.25) is 0 Å². The molecule has 1 heterocycles. The van der Waals surface area contributed by atoms with E-state index in [0.717, 1.165) is 10.7 Å². The number of carbonyl (C=O) groups is 1. The molecule has 0 aliphatic heterocycles. The molecule has 0 spiro atoms. The van der Waals surface area contributed by atoms with Crippen molar-refractivity contribution in [3.05, 3.63) is 66.4 Å². The molecular weight excluding hydrogens is 380 g/mol. The number of halogens is 2. The normalized spacial score (nSPS) is 12.1. The molecule has 0 saturated heterocycles. The Morgan fingerprint density at radius 3 is 2.19 bits per heavy atom. The SMILES string of the molecule is NS(=O)(=O)c1ccc(-n2nc(C(F)(F)C(=O)O)cc2-c2ccccc2)cc1. The Kier molecular flexibility index (Phi) is 4.54. The number of carboxylic acids is 1. The molecule has 7 nitrogen and oxygen atoms in total. The Balaban J connectivity index is 2.19. The Morgan fingerprint density at radius 2 is 1.67 bits per heavy atom. The van der Waals surface area contributed by atoms with Crippen molar-refractivity contribution in [2.45, 2.75) is 10.8 Å². The van der Waals surface area contributed by atoms with Gasteiger partial charge in [0.1, 0.15) is 5.69 Å². The molecule has 0 atom stereocenters. The van der Waals surface area contributed by atoms with E-state index in [1.165, 1.54) is 24.3 Å². The van der Waals surface area contributed by atoms with Crippen molar-refractivity contribution < 1.29 is 27.1 Å². The summed E-state index contributed by atoms with van der Waals surface area (Å²) < 4.78 is 51.8. The quantitative estimate of drug-likeness (QED) is 0.690. The lowest BCUT2D eigenvalue weighted by molar-refractivity contribution is -0.167. The van der Waals surface area contributed by atoms with Crippen molar-refractivity contribution in [3.63, 3.8) is 0 Å². The summed E-state index contributed by atoms with van der Waals surface area (Å²) in [5.41, 5.74) is 0.0564. The largest absolute Gasteiger partial charge is 0.476 e. The van der Waals surface area contributed by atoms with Crippen LogP contribution in [0.15, 0.2) is 65.6 Å². The highest BCUT2D eigenvalue weighted by Gasteiger charge is 2.44. The first kappa shape index (κ1) is 18.7. The van der Waals surface area contributed by atoms with Crippen molar-refractivity contribution in [1.29, 1.82) is 0 Å². The molecule has 0 saturated carbocycles. The van der Waals surface area contributed by atoms with Gasteiger partial charge in [0.2, 0.25) is 10.0 Å². The molecule has 0 unspecified atom stereocenters. The van der Waals surface area contributed by atoms with Crippen LogP contribution in [0.1, 0.15) is 5.69 Å². The molecule has 3 N–H and O–H groups in total. The summed E-state index contributed by atoms with van der Waals surface area (Å²) in [6.45, 7) is 0. The van der Waals surface area contributed by atoms with Gasteiger partial charge in [0.15, 0.2) is 0 Å². The molecule has 27 heavy (non-hydrogen) atoms. The summed E-state index contributed by atoms with van der Waals surface area (Å²) in [4.78, 5) is 10.7. The number of hydrogen-bond acceptors (Lipinski definition) is 4. The van der Waals surface area contributed by atoms with Crippen LogP contribution in [-0.2, 0) is 20.7 Å². The smallest absolute Gasteiger partial charge is 0.386 e. The van der Waals surface area contributed by atoms with Crippen LogP contribution in [0.25, 0.3) is 16.9 Å². The Labute approximate surface area is 152 Å². The van der Waals surface area contributed by atoms with Gasteiger partial charge in [-0.1, -0.05) is 30.3 Å². The molecular formula is C17H13F2N3O4S. The minimum atomic E-state index is -4.19. The number of aromatic nitrogens is 2. The molecule has 0 aliphatic rings. The van der Waals surface area contributed by atoms with Gasteiger partial charge >= 0.3 is 11.9 Å². The van der Waals surface area contributed by atoms with Crippen LogP contribution < -0.4 is 5.14 Å². The van der Waals surface area contributed by atoms with Crippen LogP contribution in [0.4, 0.5) is 8.78 Å². The Morgan fingerprint density at radius 1 is 1.07 bits per heavy atom. The van der Waals surface area contributed by atoms with Gasteiger partial charge < -0.3 is 5.11 Å². The Hall–Kier alpha value is -3.11. The third-order valence-corrected chi connectivity index (χ3v) is 4.71. The van der Waals surface area contributed by atoms with Crippen LogP contribution in [0.5, 0.6) is 0 Å². The zero-order chi connectivity index (χ0) is 19.8. The summed E-state index contributed by atoms with van der Waals surface area (Å²) >= 11 is 0. The minimum Gasteiger partial charge on any atom is -0.476 e. The maximum atomic E-state index is 14.0. The number of nitrogens with two attached hydrogens (primary N) is 1. The predicted molar refractivity (Wildman–Crippen MR) is 91.9 cm³/mol. The second kappa shape index (κ2) is 6.56. The number of primary sulfonamides is 1. The second-order valence-corrected chi connectivity index (χ2v) is 7.17. The number of benzene rings is 2. The van der Waals surface area contributed by atoms with Crippen molar-refractivity contribution >= 4 is 16.0 Å². The van der Waals surface area contributed by atoms with Crippen LogP contribution in [0.3, 0.4) is 0 Å². The van der Waals surface area contributed by atoms with E-state index in [0.29, 0.717) is 5.56 Å². The highest BCUT2D eigenvalue weighted by molar-refractivity contribution is 7.89. The fourth-order valence-electron chi connectivity index (χ4n) is 2.43. The first-order valence-electron chi connectivity index (χ1n) is 7.51. The van der Waals surface area contributed by atoms with E-state index in [1.54, 1.807) is 30.3 Å². The lowest BCUT2D eigenvalue weighted by atomic mass is 10.1. The first-order valence-corrected chi connectivity index (χ1v) is 9.06. The lowest BCUT2D eigenvalue weighted by Gasteiger charge is -2.09. The Bertz CT molecular complexity index is 1090. The fourth-order valence-corrected chi connectivity index (χ4v) is 2.95. The molecule has 0 bridgehead atoms. The molecule has 0 amide bonds. The third-order valence-electron chi connectivity index (χ3n) is 3.78. The monoisotopic (exact) mass is 393 g/mol. The van der Waals surface area contributed by atoms with Gasteiger partial charge in [-0.15, -0.1) is 0 Å². The van der Waals surface area contributed by atoms with Gasteiger partial charge in [-0.05, 0) is 30.3 Å². The van der Waals surface area contributed by atoms with E-state index in [4.69, 9.17) is 10.2 Å². The number of alkyl halides is 2. The summed E-state index contributed by atoms with van der Waals surface area (Å²) in [5, 5.41) is 17.6. The maximum Gasteiger partial charge on any atom is 0.386 e. The molecule has 3 rings (SSSR count). The average Bonchev–Trinajstić information content (AvgIpc) is 3.08. The zero-order valence-corrected chi connectivity index (χ0v) is 14.4. The van der Waals surface area contributed by atoms with Gasteiger partial charge in [0, 0.05) is 5.56 Å². The molecule has 1 aromatic heterocycles. The number of rotatable bonds is 5.